The van der Waals surface area contributed by atoms with Crippen LogP contribution in [0.25, 0.3) is 22.6 Å². The highest BCUT2D eigenvalue weighted by Gasteiger charge is 2.34. The molecule has 1 amide bonds. The number of nitrogens with one attached hydrogen (secondary N) is 1. The van der Waals surface area contributed by atoms with Gasteiger partial charge in [-0.05, 0) is 47.2 Å². The van der Waals surface area contributed by atoms with E-state index in [2.05, 4.69) is 25.2 Å². The molecule has 1 N–H and O–H groups in total. The van der Waals surface area contributed by atoms with E-state index in [9.17, 15) is 14.0 Å². The Morgan fingerprint density at radius 1 is 1.34 bits per heavy atom. The molecule has 1 fully saturated rings. The molecule has 0 bridgehead atoms. The van der Waals surface area contributed by atoms with E-state index in [1.807, 2.05) is 13.8 Å². The first-order valence-corrected chi connectivity index (χ1v) is 11.2. The van der Waals surface area contributed by atoms with E-state index in [4.69, 9.17) is 21.3 Å². The lowest BCUT2D eigenvalue weighted by molar-refractivity contribution is -0.149. The molecular weight excluding hydrogens is 481 g/mol. The molecule has 0 spiro atoms. The first-order valence-electron chi connectivity index (χ1n) is 10.8. The summed E-state index contributed by atoms with van der Waals surface area (Å²) in [5, 5.41) is 11.7. The van der Waals surface area contributed by atoms with Crippen molar-refractivity contribution in [3.8, 4) is 22.6 Å². The summed E-state index contributed by atoms with van der Waals surface area (Å²) in [5.41, 5.74) is 1.68. The number of cyclic esters (lactones) is 1. The number of pyridine rings is 1. The first kappa shape index (κ1) is 24.5. The fourth-order valence-electron chi connectivity index (χ4n) is 3.50. The Hall–Kier alpha value is -3.64. The zero-order valence-electron chi connectivity index (χ0n) is 19.2. The smallest absolute Gasteiger partial charge is 0.414 e. The average molecular weight is 504 g/mol. The number of aryl methyl sites for hydroxylation is 1. The second-order valence-corrected chi connectivity index (χ2v) is 8.49. The lowest BCUT2D eigenvalue weighted by Gasteiger charge is -2.18. The van der Waals surface area contributed by atoms with Crippen LogP contribution in [0.5, 0.6) is 0 Å². The summed E-state index contributed by atoms with van der Waals surface area (Å²) < 4.78 is 25.5. The Morgan fingerprint density at radius 3 is 2.74 bits per heavy atom. The zero-order valence-corrected chi connectivity index (χ0v) is 19.9. The van der Waals surface area contributed by atoms with Crippen LogP contribution in [0.4, 0.5) is 14.9 Å². The van der Waals surface area contributed by atoms with Crippen LogP contribution in [0.2, 0.25) is 0 Å². The highest BCUT2D eigenvalue weighted by Crippen LogP contribution is 2.29. The molecule has 3 aromatic rings. The Kier molecular flexibility index (Phi) is 7.22. The maximum atomic E-state index is 15.0. The zero-order chi connectivity index (χ0) is 25.1. The van der Waals surface area contributed by atoms with Gasteiger partial charge in [-0.2, -0.15) is 4.80 Å². The summed E-state index contributed by atoms with van der Waals surface area (Å²) in [6, 6.07) is 7.10. The minimum absolute atomic E-state index is 0.0841. The first-order chi connectivity index (χ1) is 16.8. The molecule has 184 valence electrons. The summed E-state index contributed by atoms with van der Waals surface area (Å²) >= 11 is 5.59. The highest BCUT2D eigenvalue weighted by atomic mass is 35.5. The number of aromatic nitrogens is 5. The molecular formula is C22H23ClFN7O4. The van der Waals surface area contributed by atoms with E-state index in [1.54, 1.807) is 31.3 Å². The normalized spacial score (nSPS) is 16.5. The van der Waals surface area contributed by atoms with Crippen LogP contribution < -0.4 is 9.74 Å². The monoisotopic (exact) mass is 503 g/mol. The molecule has 2 atom stereocenters. The SMILES string of the molecule is CC(C)[C@H](NCl)C(=O)OC[C@H]1CN(c2ccc(-c3ccc(-c4nnn(C)n4)nc3)c(F)c2)C(=O)O1. The van der Waals surface area contributed by atoms with Crippen LogP contribution in [0.1, 0.15) is 13.8 Å². The van der Waals surface area contributed by atoms with Gasteiger partial charge < -0.3 is 9.47 Å². The van der Waals surface area contributed by atoms with Crippen molar-refractivity contribution >= 4 is 29.5 Å². The number of tetrazole rings is 1. The molecule has 11 nitrogen and oxygen atoms in total. The quantitative estimate of drug-likeness (QED) is 0.365. The van der Waals surface area contributed by atoms with Gasteiger partial charge in [-0.3, -0.25) is 14.7 Å². The average Bonchev–Trinajstić information content (AvgIpc) is 3.43. The molecule has 0 saturated carbocycles. The van der Waals surface area contributed by atoms with E-state index < -0.39 is 30.0 Å². The van der Waals surface area contributed by atoms with Crippen LogP contribution in [0.3, 0.4) is 0 Å². The molecule has 1 aliphatic heterocycles. The van der Waals surface area contributed by atoms with E-state index in [-0.39, 0.29) is 19.1 Å². The summed E-state index contributed by atoms with van der Waals surface area (Å²) in [7, 11) is 1.65. The van der Waals surface area contributed by atoms with E-state index in [1.165, 1.54) is 22.0 Å². The van der Waals surface area contributed by atoms with Crippen LogP contribution in [0, 0.1) is 11.7 Å². The Bertz CT molecular complexity index is 1220. The van der Waals surface area contributed by atoms with Gasteiger partial charge in [0.25, 0.3) is 0 Å². The molecule has 0 aliphatic carbocycles. The maximum absolute atomic E-state index is 15.0. The van der Waals surface area contributed by atoms with Crippen LogP contribution in [0.15, 0.2) is 36.5 Å². The standard InChI is InChI=1S/C22H23ClFN7O4/c1-12(2)19(26-23)21(32)34-11-15-10-31(22(33)35-15)14-5-6-16(17(24)8-14)13-4-7-18(25-9-13)20-27-29-30(3)28-20/h4-9,12,15,19,26H,10-11H2,1-3H3/t15-,19+/m1/s1. The predicted octanol–water partition coefficient (Wildman–Crippen LogP) is 2.71. The third-order valence-corrected chi connectivity index (χ3v) is 5.64. The molecule has 1 aliphatic rings. The number of halogens is 2. The van der Waals surface area contributed by atoms with Crippen molar-refractivity contribution in [3.05, 3.63) is 42.3 Å². The molecule has 1 aromatic carbocycles. The Labute approximate surface area is 205 Å². The fourth-order valence-corrected chi connectivity index (χ4v) is 3.85. The molecule has 13 heteroatoms. The number of carbonyl (C=O) groups excluding carboxylic acids is 2. The number of rotatable bonds is 8. The van der Waals surface area contributed by atoms with Crippen molar-refractivity contribution in [2.45, 2.75) is 26.0 Å². The van der Waals surface area contributed by atoms with Crippen molar-refractivity contribution in [3.63, 3.8) is 0 Å². The summed E-state index contributed by atoms with van der Waals surface area (Å²) in [5.74, 6) is -0.805. The van der Waals surface area contributed by atoms with Crippen molar-refractivity contribution in [2.75, 3.05) is 18.1 Å². The van der Waals surface area contributed by atoms with E-state index >= 15 is 0 Å². The summed E-state index contributed by atoms with van der Waals surface area (Å²) in [6.07, 6.45) is 0.165. The second-order valence-electron chi connectivity index (χ2n) is 8.28. The van der Waals surface area contributed by atoms with Gasteiger partial charge in [0.2, 0.25) is 5.82 Å². The number of esters is 1. The third-order valence-electron chi connectivity index (χ3n) is 5.40. The molecule has 1 saturated heterocycles. The molecule has 2 aromatic heterocycles. The van der Waals surface area contributed by atoms with E-state index in [0.29, 0.717) is 28.3 Å². The molecule has 4 rings (SSSR count). The number of hydrogen-bond donors (Lipinski definition) is 1. The third kappa shape index (κ3) is 5.38. The summed E-state index contributed by atoms with van der Waals surface area (Å²) in [4.78, 5) is 33.7. The number of carbonyl (C=O) groups is 2. The van der Waals surface area contributed by atoms with Crippen molar-refractivity contribution in [1.82, 2.24) is 30.0 Å². The van der Waals surface area contributed by atoms with Crippen LogP contribution in [-0.4, -0.2) is 62.6 Å². The number of hydrogen-bond acceptors (Lipinski definition) is 9. The van der Waals surface area contributed by atoms with Crippen LogP contribution >= 0.6 is 11.8 Å². The molecule has 3 heterocycles. The lowest BCUT2D eigenvalue weighted by Crippen LogP contribution is -2.38. The molecule has 0 unspecified atom stereocenters. The molecule has 0 radical (unpaired) electrons. The Morgan fingerprint density at radius 2 is 2.14 bits per heavy atom. The number of nitrogens with zero attached hydrogens (tertiary/aromatic N) is 6. The van der Waals surface area contributed by atoms with Gasteiger partial charge in [0.05, 0.1) is 19.3 Å². The van der Waals surface area contributed by atoms with Crippen molar-refractivity contribution < 1.29 is 23.5 Å². The number of ether oxygens (including phenoxy) is 2. The van der Waals surface area contributed by atoms with Crippen molar-refractivity contribution in [2.24, 2.45) is 13.0 Å². The highest BCUT2D eigenvalue weighted by molar-refractivity contribution is 6.14. The minimum Gasteiger partial charge on any atom is -0.460 e. The molecule has 35 heavy (non-hydrogen) atoms. The van der Waals surface area contributed by atoms with Crippen molar-refractivity contribution in [1.29, 1.82) is 0 Å². The van der Waals surface area contributed by atoms with Crippen LogP contribution in [-0.2, 0) is 21.3 Å². The van der Waals surface area contributed by atoms with E-state index in [0.717, 1.165) is 0 Å². The fraction of sp³-hybridized carbons (Fsp3) is 0.364. The Balaban J connectivity index is 1.42. The van der Waals surface area contributed by atoms with Gasteiger partial charge in [0.1, 0.15) is 24.2 Å². The topological polar surface area (TPSA) is 124 Å². The maximum Gasteiger partial charge on any atom is 0.414 e. The summed E-state index contributed by atoms with van der Waals surface area (Å²) in [6.45, 7) is 3.60. The number of anilines is 1. The van der Waals surface area contributed by atoms with Gasteiger partial charge in [0.15, 0.2) is 6.10 Å². The number of benzene rings is 1. The van der Waals surface area contributed by atoms with Gasteiger partial charge >= 0.3 is 12.1 Å². The second kappa shape index (κ2) is 10.3. The number of amides is 1. The lowest BCUT2D eigenvalue weighted by atomic mass is 10.1. The predicted molar refractivity (Wildman–Crippen MR) is 124 cm³/mol. The minimum atomic E-state index is -0.691. The van der Waals surface area contributed by atoms with Gasteiger partial charge in [0, 0.05) is 17.3 Å². The largest absolute Gasteiger partial charge is 0.460 e. The van der Waals surface area contributed by atoms with Gasteiger partial charge in [-0.25, -0.2) is 14.0 Å². The van der Waals surface area contributed by atoms with Gasteiger partial charge in [-0.15, -0.1) is 10.2 Å². The van der Waals surface area contributed by atoms with Gasteiger partial charge in [-0.1, -0.05) is 19.9 Å².